The predicted molar refractivity (Wildman–Crippen MR) is 87.0 cm³/mol. The Morgan fingerprint density at radius 1 is 0.692 bits per heavy atom. The summed E-state index contributed by atoms with van der Waals surface area (Å²) in [5.74, 6) is -10.8. The average Bonchev–Trinajstić information content (AvgIpc) is 2.66. The Labute approximate surface area is 144 Å². The van der Waals surface area contributed by atoms with E-state index in [9.17, 15) is 27.1 Å². The highest BCUT2D eigenvalue weighted by atomic mass is 19.2. The summed E-state index contributed by atoms with van der Waals surface area (Å²) < 4.78 is 66.8. The maximum absolute atomic E-state index is 13.7. The van der Waals surface area contributed by atoms with Gasteiger partial charge in [-0.1, -0.05) is 36.4 Å². The zero-order chi connectivity index (χ0) is 18.8. The molecule has 0 radical (unpaired) electrons. The first-order valence-electron chi connectivity index (χ1n) is 7.34. The van der Waals surface area contributed by atoms with Gasteiger partial charge in [0.05, 0.1) is 0 Å². The van der Waals surface area contributed by atoms with Crippen LogP contribution in [0.25, 0.3) is 11.1 Å². The Balaban J connectivity index is 2.05. The number of hydrogen-bond donors (Lipinski definition) is 1. The minimum Gasteiger partial charge on any atom is -0.507 e. The summed E-state index contributed by atoms with van der Waals surface area (Å²) in [6.07, 6.45) is 0.833. The van der Waals surface area contributed by atoms with Crippen molar-refractivity contribution < 1.29 is 27.1 Å². The number of benzene rings is 3. The van der Waals surface area contributed by atoms with E-state index < -0.39 is 34.8 Å². The lowest BCUT2D eigenvalue weighted by molar-refractivity contribution is 0.381. The van der Waals surface area contributed by atoms with Crippen LogP contribution >= 0.6 is 0 Å². The van der Waals surface area contributed by atoms with Gasteiger partial charge in [0.1, 0.15) is 11.4 Å². The standard InChI is InChI=1S/C19H10F5NO/c20-14-15(21)17(23)19(18(24)16(14)22)25-9-12-8-11(6-7-13(12)26)10-4-2-1-3-5-10/h1-9,26H. The molecule has 7 heteroatoms. The molecule has 0 atom stereocenters. The highest BCUT2D eigenvalue weighted by Gasteiger charge is 2.25. The van der Waals surface area contributed by atoms with Crippen molar-refractivity contribution >= 4 is 11.9 Å². The number of aliphatic imine (C=N–C) groups is 1. The minimum atomic E-state index is -2.26. The van der Waals surface area contributed by atoms with Crippen molar-refractivity contribution in [1.29, 1.82) is 0 Å². The molecule has 0 aliphatic heterocycles. The highest BCUT2D eigenvalue weighted by Crippen LogP contribution is 2.30. The fourth-order valence-corrected chi connectivity index (χ4v) is 2.31. The zero-order valence-corrected chi connectivity index (χ0v) is 13.0. The van der Waals surface area contributed by atoms with Gasteiger partial charge < -0.3 is 5.11 Å². The smallest absolute Gasteiger partial charge is 0.200 e. The van der Waals surface area contributed by atoms with Crippen molar-refractivity contribution in [2.75, 3.05) is 0 Å². The largest absolute Gasteiger partial charge is 0.507 e. The van der Waals surface area contributed by atoms with Crippen molar-refractivity contribution in [3.8, 4) is 16.9 Å². The van der Waals surface area contributed by atoms with Gasteiger partial charge in [0.25, 0.3) is 0 Å². The van der Waals surface area contributed by atoms with Crippen LogP contribution in [-0.2, 0) is 0 Å². The summed E-state index contributed by atoms with van der Waals surface area (Å²) in [6, 6.07) is 13.4. The summed E-state index contributed by atoms with van der Waals surface area (Å²) in [6.45, 7) is 0. The Morgan fingerprint density at radius 2 is 1.27 bits per heavy atom. The van der Waals surface area contributed by atoms with Crippen LogP contribution in [0, 0.1) is 29.1 Å². The van der Waals surface area contributed by atoms with Gasteiger partial charge in [-0.3, -0.25) is 0 Å². The molecule has 3 aromatic rings. The molecule has 0 aliphatic carbocycles. The zero-order valence-electron chi connectivity index (χ0n) is 13.0. The van der Waals surface area contributed by atoms with Crippen molar-refractivity contribution in [2.45, 2.75) is 0 Å². The molecule has 0 saturated heterocycles. The first kappa shape index (κ1) is 17.6. The molecular formula is C19H10F5NO. The molecule has 0 bridgehead atoms. The number of phenols is 1. The van der Waals surface area contributed by atoms with E-state index in [1.54, 1.807) is 30.3 Å². The van der Waals surface area contributed by atoms with E-state index in [0.717, 1.165) is 11.8 Å². The van der Waals surface area contributed by atoms with Crippen LogP contribution in [0.1, 0.15) is 5.56 Å². The SMILES string of the molecule is Oc1ccc(-c2ccccc2)cc1C=Nc1c(F)c(F)c(F)c(F)c1F. The molecular weight excluding hydrogens is 353 g/mol. The molecule has 0 aromatic heterocycles. The van der Waals surface area contributed by atoms with Gasteiger partial charge in [-0.15, -0.1) is 0 Å². The van der Waals surface area contributed by atoms with E-state index in [1.807, 2.05) is 6.07 Å². The Bertz CT molecular complexity index is 974. The van der Waals surface area contributed by atoms with Gasteiger partial charge in [0.15, 0.2) is 23.3 Å². The third kappa shape index (κ3) is 3.15. The van der Waals surface area contributed by atoms with E-state index in [1.165, 1.54) is 12.1 Å². The molecule has 1 N–H and O–H groups in total. The van der Waals surface area contributed by atoms with Crippen molar-refractivity contribution in [2.24, 2.45) is 4.99 Å². The van der Waals surface area contributed by atoms with Crippen LogP contribution in [0.2, 0.25) is 0 Å². The fraction of sp³-hybridized carbons (Fsp3) is 0. The van der Waals surface area contributed by atoms with Gasteiger partial charge in [-0.25, -0.2) is 26.9 Å². The van der Waals surface area contributed by atoms with E-state index >= 15 is 0 Å². The van der Waals surface area contributed by atoms with Crippen LogP contribution in [0.4, 0.5) is 27.6 Å². The molecule has 26 heavy (non-hydrogen) atoms. The van der Waals surface area contributed by atoms with E-state index in [-0.39, 0.29) is 11.3 Å². The number of phenolic OH excluding ortho intramolecular Hbond substituents is 1. The van der Waals surface area contributed by atoms with Gasteiger partial charge in [-0.05, 0) is 23.3 Å². The number of nitrogens with zero attached hydrogens (tertiary/aromatic N) is 1. The third-order valence-corrected chi connectivity index (χ3v) is 3.65. The van der Waals surface area contributed by atoms with Crippen LogP contribution < -0.4 is 0 Å². The van der Waals surface area contributed by atoms with Crippen molar-refractivity contribution in [1.82, 2.24) is 0 Å². The van der Waals surface area contributed by atoms with E-state index in [0.29, 0.717) is 5.56 Å². The van der Waals surface area contributed by atoms with Gasteiger partial charge >= 0.3 is 0 Å². The molecule has 0 aliphatic rings. The summed E-state index contributed by atoms with van der Waals surface area (Å²) in [4.78, 5) is 3.35. The minimum absolute atomic E-state index is 0.0512. The lowest BCUT2D eigenvalue weighted by atomic mass is 10.0. The second kappa shape index (κ2) is 6.95. The Hall–Kier alpha value is -3.22. The molecule has 3 aromatic carbocycles. The summed E-state index contributed by atoms with van der Waals surface area (Å²) in [7, 11) is 0. The van der Waals surface area contributed by atoms with Gasteiger partial charge in [0.2, 0.25) is 5.82 Å². The molecule has 3 rings (SSSR count). The molecule has 0 fully saturated rings. The van der Waals surface area contributed by atoms with Crippen molar-refractivity contribution in [3.05, 3.63) is 83.2 Å². The van der Waals surface area contributed by atoms with Crippen molar-refractivity contribution in [3.63, 3.8) is 0 Å². The first-order valence-corrected chi connectivity index (χ1v) is 7.34. The Kier molecular flexibility index (Phi) is 4.71. The molecule has 2 nitrogen and oxygen atoms in total. The van der Waals surface area contributed by atoms with Crippen LogP contribution in [0.15, 0.2) is 53.5 Å². The number of rotatable bonds is 3. The number of hydrogen-bond acceptors (Lipinski definition) is 2. The topological polar surface area (TPSA) is 32.6 Å². The lowest BCUT2D eigenvalue weighted by Gasteiger charge is -2.06. The maximum Gasteiger partial charge on any atom is 0.200 e. The molecule has 0 amide bonds. The monoisotopic (exact) mass is 363 g/mol. The molecule has 0 heterocycles. The maximum atomic E-state index is 13.7. The average molecular weight is 363 g/mol. The Morgan fingerprint density at radius 3 is 1.88 bits per heavy atom. The fourth-order valence-electron chi connectivity index (χ4n) is 2.31. The van der Waals surface area contributed by atoms with Crippen LogP contribution in [-0.4, -0.2) is 11.3 Å². The van der Waals surface area contributed by atoms with E-state index in [2.05, 4.69) is 4.99 Å². The normalized spacial score (nSPS) is 11.3. The van der Waals surface area contributed by atoms with E-state index in [4.69, 9.17) is 0 Å². The second-order valence-electron chi connectivity index (χ2n) is 5.32. The number of aromatic hydroxyl groups is 1. The summed E-state index contributed by atoms with van der Waals surface area (Å²) in [5.41, 5.74) is 0.196. The third-order valence-electron chi connectivity index (χ3n) is 3.65. The summed E-state index contributed by atoms with van der Waals surface area (Å²) >= 11 is 0. The molecule has 132 valence electrons. The van der Waals surface area contributed by atoms with Gasteiger partial charge in [0, 0.05) is 11.8 Å². The molecule has 0 unspecified atom stereocenters. The molecule has 0 saturated carbocycles. The highest BCUT2D eigenvalue weighted by molar-refractivity contribution is 5.87. The predicted octanol–water partition coefficient (Wildman–Crippen LogP) is 5.51. The second-order valence-corrected chi connectivity index (χ2v) is 5.32. The summed E-state index contributed by atoms with van der Waals surface area (Å²) in [5, 5.41) is 9.86. The van der Waals surface area contributed by atoms with Crippen LogP contribution in [0.3, 0.4) is 0 Å². The van der Waals surface area contributed by atoms with Gasteiger partial charge in [-0.2, -0.15) is 0 Å². The quantitative estimate of drug-likeness (QED) is 0.283. The van der Waals surface area contributed by atoms with Crippen LogP contribution in [0.5, 0.6) is 5.75 Å². The number of halogens is 5. The molecule has 0 spiro atoms. The lowest BCUT2D eigenvalue weighted by Crippen LogP contribution is -2.01. The first-order chi connectivity index (χ1) is 12.4.